The number of hydrazone groups is 1. The van der Waals surface area contributed by atoms with Crippen molar-refractivity contribution in [1.82, 2.24) is 10.7 Å². The molecule has 10 nitrogen and oxygen atoms in total. The second kappa shape index (κ2) is 11.0. The summed E-state index contributed by atoms with van der Waals surface area (Å²) in [4.78, 5) is 46.1. The highest BCUT2D eigenvalue weighted by Crippen LogP contribution is 2.14. The summed E-state index contributed by atoms with van der Waals surface area (Å²) in [5.74, 6) is -1.33. The van der Waals surface area contributed by atoms with Gasteiger partial charge in [-0.2, -0.15) is 5.10 Å². The number of esters is 1. The summed E-state index contributed by atoms with van der Waals surface area (Å²) in [6.45, 7) is -0.368. The number of carbonyl (C=O) groups is 3. The van der Waals surface area contributed by atoms with E-state index in [0.29, 0.717) is 16.9 Å². The minimum atomic E-state index is -0.626. The van der Waals surface area contributed by atoms with Gasteiger partial charge in [0.2, 0.25) is 0 Å². The van der Waals surface area contributed by atoms with E-state index in [1.807, 2.05) is 0 Å². The third kappa shape index (κ3) is 6.82. The molecule has 33 heavy (non-hydrogen) atoms. The molecule has 166 valence electrons. The minimum absolute atomic E-state index is 0.0635. The molecule has 0 aromatic heterocycles. The highest BCUT2D eigenvalue weighted by atomic mass is 16.6. The van der Waals surface area contributed by atoms with E-state index in [2.05, 4.69) is 15.8 Å². The minimum Gasteiger partial charge on any atom is -0.423 e. The number of nitro benzene ring substituents is 1. The van der Waals surface area contributed by atoms with Crippen molar-refractivity contribution in [2.24, 2.45) is 5.10 Å². The standard InChI is InChI=1S/C23H18N4O6/c28-21(15-24-22(29)18-7-4-8-19(13-18)27(31)32)26-25-14-16-9-11-20(12-10-16)33-23(30)17-5-2-1-3-6-17/h1-14H,15H2,(H,24,29)(H,26,28)/b25-14+. The molecule has 3 rings (SSSR count). The molecule has 0 atom stereocenters. The van der Waals surface area contributed by atoms with Gasteiger partial charge in [0.05, 0.1) is 23.2 Å². The molecule has 0 radical (unpaired) electrons. The first-order valence-corrected chi connectivity index (χ1v) is 9.64. The van der Waals surface area contributed by atoms with Crippen LogP contribution < -0.4 is 15.5 Å². The lowest BCUT2D eigenvalue weighted by molar-refractivity contribution is -0.384. The van der Waals surface area contributed by atoms with Crippen LogP contribution in [0.3, 0.4) is 0 Å². The summed E-state index contributed by atoms with van der Waals surface area (Å²) in [6.07, 6.45) is 1.38. The maximum Gasteiger partial charge on any atom is 0.343 e. The molecule has 10 heteroatoms. The van der Waals surface area contributed by atoms with Crippen molar-refractivity contribution >= 4 is 29.7 Å². The highest BCUT2D eigenvalue weighted by molar-refractivity contribution is 5.97. The number of benzene rings is 3. The molecule has 0 spiro atoms. The van der Waals surface area contributed by atoms with E-state index in [4.69, 9.17) is 4.74 Å². The average Bonchev–Trinajstić information content (AvgIpc) is 2.84. The molecule has 0 heterocycles. The van der Waals surface area contributed by atoms with Crippen LogP contribution in [0.4, 0.5) is 5.69 Å². The molecule has 0 saturated carbocycles. The van der Waals surface area contributed by atoms with Gasteiger partial charge >= 0.3 is 5.97 Å². The fraction of sp³-hybridized carbons (Fsp3) is 0.0435. The molecular weight excluding hydrogens is 428 g/mol. The smallest absolute Gasteiger partial charge is 0.343 e. The van der Waals surface area contributed by atoms with Gasteiger partial charge in [0.25, 0.3) is 17.5 Å². The molecule has 0 unspecified atom stereocenters. The van der Waals surface area contributed by atoms with Gasteiger partial charge in [-0.3, -0.25) is 19.7 Å². The van der Waals surface area contributed by atoms with Gasteiger partial charge in [-0.25, -0.2) is 10.2 Å². The van der Waals surface area contributed by atoms with Crippen molar-refractivity contribution in [3.63, 3.8) is 0 Å². The number of non-ortho nitro benzene ring substituents is 1. The summed E-state index contributed by atoms with van der Waals surface area (Å²) >= 11 is 0. The Labute approximate surface area is 188 Å². The first-order valence-electron chi connectivity index (χ1n) is 9.64. The number of hydrogen-bond donors (Lipinski definition) is 2. The Morgan fingerprint density at radius 1 is 0.939 bits per heavy atom. The zero-order valence-electron chi connectivity index (χ0n) is 17.1. The van der Waals surface area contributed by atoms with Crippen molar-refractivity contribution < 1.29 is 24.0 Å². The second-order valence-corrected chi connectivity index (χ2v) is 6.61. The Bertz CT molecular complexity index is 1190. The number of nitro groups is 1. The SMILES string of the molecule is O=C(CNC(=O)c1cccc([N+](=O)[O-])c1)N/N=C/c1ccc(OC(=O)c2ccccc2)cc1. The largest absolute Gasteiger partial charge is 0.423 e. The number of amides is 2. The third-order valence-electron chi connectivity index (χ3n) is 4.23. The highest BCUT2D eigenvalue weighted by Gasteiger charge is 2.12. The maximum atomic E-state index is 12.0. The van der Waals surface area contributed by atoms with E-state index >= 15 is 0 Å². The van der Waals surface area contributed by atoms with Gasteiger partial charge < -0.3 is 10.1 Å². The lowest BCUT2D eigenvalue weighted by Gasteiger charge is -2.05. The topological polar surface area (TPSA) is 140 Å². The summed E-state index contributed by atoms with van der Waals surface area (Å²) in [6, 6.07) is 20.2. The molecule has 2 amide bonds. The van der Waals surface area contributed by atoms with Gasteiger partial charge in [0, 0.05) is 17.7 Å². The number of rotatable bonds is 8. The van der Waals surface area contributed by atoms with Crippen molar-refractivity contribution in [1.29, 1.82) is 0 Å². The van der Waals surface area contributed by atoms with Gasteiger partial charge in [-0.05, 0) is 48.0 Å². The van der Waals surface area contributed by atoms with Crippen LogP contribution in [0.1, 0.15) is 26.3 Å². The molecule has 3 aromatic carbocycles. The van der Waals surface area contributed by atoms with Gasteiger partial charge in [0.15, 0.2) is 0 Å². The Morgan fingerprint density at radius 3 is 2.33 bits per heavy atom. The Hall–Kier alpha value is -4.86. The Kier molecular flexibility index (Phi) is 7.58. The predicted octanol–water partition coefficient (Wildman–Crippen LogP) is 2.69. The van der Waals surface area contributed by atoms with Crippen molar-refractivity contribution in [3.05, 3.63) is 106 Å². The molecule has 0 aliphatic carbocycles. The van der Waals surface area contributed by atoms with Crippen LogP contribution in [-0.4, -0.2) is 35.5 Å². The van der Waals surface area contributed by atoms with Gasteiger partial charge in [-0.1, -0.05) is 24.3 Å². The lowest BCUT2D eigenvalue weighted by atomic mass is 10.2. The quantitative estimate of drug-likeness (QED) is 0.179. The van der Waals surface area contributed by atoms with Gasteiger partial charge in [0.1, 0.15) is 5.75 Å². The monoisotopic (exact) mass is 446 g/mol. The molecule has 0 saturated heterocycles. The number of hydrogen-bond acceptors (Lipinski definition) is 7. The first-order chi connectivity index (χ1) is 15.9. The fourth-order valence-electron chi connectivity index (χ4n) is 2.60. The predicted molar refractivity (Wildman–Crippen MR) is 119 cm³/mol. The van der Waals surface area contributed by atoms with Crippen molar-refractivity contribution in [2.45, 2.75) is 0 Å². The summed E-state index contributed by atoms with van der Waals surface area (Å²) in [5, 5.41) is 16.9. The van der Waals surface area contributed by atoms with Crippen molar-refractivity contribution in [3.8, 4) is 5.75 Å². The van der Waals surface area contributed by atoms with Crippen LogP contribution in [0.2, 0.25) is 0 Å². The molecule has 0 fully saturated rings. The normalized spacial score (nSPS) is 10.4. The Morgan fingerprint density at radius 2 is 1.64 bits per heavy atom. The van der Waals surface area contributed by atoms with Crippen LogP contribution in [0, 0.1) is 10.1 Å². The lowest BCUT2D eigenvalue weighted by Crippen LogP contribution is -2.34. The molecule has 3 aromatic rings. The molecule has 0 bridgehead atoms. The average molecular weight is 446 g/mol. The van der Waals surface area contributed by atoms with Crippen molar-refractivity contribution in [2.75, 3.05) is 6.54 Å². The second-order valence-electron chi connectivity index (χ2n) is 6.61. The van der Waals surface area contributed by atoms with Crippen LogP contribution in [0.5, 0.6) is 5.75 Å². The maximum absolute atomic E-state index is 12.0. The zero-order chi connectivity index (χ0) is 23.6. The molecular formula is C23H18N4O6. The number of ether oxygens (including phenoxy) is 1. The van der Waals surface area contributed by atoms with Crippen LogP contribution >= 0.6 is 0 Å². The van der Waals surface area contributed by atoms with E-state index in [1.54, 1.807) is 54.6 Å². The van der Waals surface area contributed by atoms with Crippen LogP contribution in [-0.2, 0) is 4.79 Å². The summed E-state index contributed by atoms with van der Waals surface area (Å²) < 4.78 is 5.28. The van der Waals surface area contributed by atoms with Gasteiger partial charge in [-0.15, -0.1) is 0 Å². The third-order valence-corrected chi connectivity index (χ3v) is 4.23. The van der Waals surface area contributed by atoms with Crippen LogP contribution in [0.15, 0.2) is 84.0 Å². The number of nitrogens with one attached hydrogen (secondary N) is 2. The Balaban J connectivity index is 1.45. The molecule has 0 aliphatic heterocycles. The first kappa shape index (κ1) is 22.8. The van der Waals surface area contributed by atoms with Crippen LogP contribution in [0.25, 0.3) is 0 Å². The summed E-state index contributed by atoms with van der Waals surface area (Å²) in [5.41, 5.74) is 3.17. The number of carbonyl (C=O) groups excluding carboxylic acids is 3. The number of nitrogens with zero attached hydrogens (tertiary/aromatic N) is 2. The van der Waals surface area contributed by atoms with E-state index in [1.165, 1.54) is 24.4 Å². The summed E-state index contributed by atoms with van der Waals surface area (Å²) in [7, 11) is 0. The van der Waals surface area contributed by atoms with E-state index in [-0.39, 0.29) is 17.8 Å². The molecule has 0 aliphatic rings. The molecule has 2 N–H and O–H groups in total. The van der Waals surface area contributed by atoms with E-state index in [9.17, 15) is 24.5 Å². The zero-order valence-corrected chi connectivity index (χ0v) is 17.1. The fourth-order valence-corrected chi connectivity index (χ4v) is 2.60. The van der Waals surface area contributed by atoms with E-state index in [0.717, 1.165) is 6.07 Å². The van der Waals surface area contributed by atoms with E-state index < -0.39 is 22.7 Å².